The Labute approximate surface area is 181 Å². The zero-order valence-corrected chi connectivity index (χ0v) is 18.0. The van der Waals surface area contributed by atoms with Crippen molar-refractivity contribution >= 4 is 46.0 Å². The molecule has 0 amide bonds. The normalized spacial score (nSPS) is 15.7. The summed E-state index contributed by atoms with van der Waals surface area (Å²) in [4.78, 5) is 9.34. The Bertz CT molecular complexity index is 831. The van der Waals surface area contributed by atoms with Crippen molar-refractivity contribution in [3.05, 3.63) is 76.3 Å². The highest BCUT2D eigenvalue weighted by Gasteiger charge is 2.20. The summed E-state index contributed by atoms with van der Waals surface area (Å²) in [5.74, 6) is 0. The molecule has 1 heterocycles. The average molecular weight is 435 g/mol. The Morgan fingerprint density at radius 2 is 1.75 bits per heavy atom. The number of rotatable bonds is 5. The fourth-order valence-electron chi connectivity index (χ4n) is 3.14. The Kier molecular flexibility index (Phi) is 7.82. The van der Waals surface area contributed by atoms with E-state index in [4.69, 9.17) is 28.3 Å². The Balaban J connectivity index is 1.53. The van der Waals surface area contributed by atoms with E-state index in [1.807, 2.05) is 42.5 Å². The average Bonchev–Trinajstić information content (AvgIpc) is 2.71. The monoisotopic (exact) mass is 434 g/mol. The Morgan fingerprint density at radius 1 is 1.04 bits per heavy atom. The smallest absolute Gasteiger partial charge is 0.179 e. The third kappa shape index (κ3) is 6.00. The van der Waals surface area contributed by atoms with E-state index < -0.39 is 0 Å². The second kappa shape index (κ2) is 10.3. The van der Waals surface area contributed by atoms with E-state index in [9.17, 15) is 0 Å². The molecule has 2 N–H and O–H groups in total. The number of nitrogens with zero attached hydrogens (tertiary/aromatic N) is 3. The number of nitrogens with two attached hydrogens (primary N) is 1. The van der Waals surface area contributed by atoms with Crippen LogP contribution in [0.15, 0.2) is 60.1 Å². The third-order valence-electron chi connectivity index (χ3n) is 4.76. The molecule has 28 heavy (non-hydrogen) atoms. The van der Waals surface area contributed by atoms with Crippen molar-refractivity contribution in [2.24, 2.45) is 10.1 Å². The number of aliphatic imine (C=N–C) groups is 1. The van der Waals surface area contributed by atoms with Gasteiger partial charge in [-0.25, -0.2) is 4.99 Å². The van der Waals surface area contributed by atoms with Gasteiger partial charge in [0.25, 0.3) is 0 Å². The topological polar surface area (TPSA) is 44.9 Å². The van der Waals surface area contributed by atoms with E-state index in [1.54, 1.807) is 0 Å². The zero-order valence-electron chi connectivity index (χ0n) is 15.7. The maximum Gasteiger partial charge on any atom is 0.179 e. The van der Waals surface area contributed by atoms with Crippen molar-refractivity contribution in [2.45, 2.75) is 6.42 Å². The van der Waals surface area contributed by atoms with E-state index >= 15 is 0 Å². The van der Waals surface area contributed by atoms with Gasteiger partial charge in [0, 0.05) is 42.8 Å². The number of piperazine rings is 1. The molecule has 0 atom stereocenters. The summed E-state index contributed by atoms with van der Waals surface area (Å²) in [5, 5.41) is 8.19. The summed E-state index contributed by atoms with van der Waals surface area (Å²) < 4.78 is 0. The number of halogens is 2. The number of hydrogen-bond acceptors (Lipinski definition) is 4. The van der Waals surface area contributed by atoms with Crippen molar-refractivity contribution in [3.8, 4) is 0 Å². The molecular weight excluding hydrogens is 411 g/mol. The van der Waals surface area contributed by atoms with Gasteiger partial charge in [-0.15, -0.1) is 0 Å². The minimum atomic E-state index is 0.688. The van der Waals surface area contributed by atoms with Gasteiger partial charge in [0.1, 0.15) is 0 Å². The van der Waals surface area contributed by atoms with Crippen LogP contribution in [0.1, 0.15) is 11.1 Å². The van der Waals surface area contributed by atoms with E-state index in [1.165, 1.54) is 17.5 Å². The van der Waals surface area contributed by atoms with Gasteiger partial charge in [0.05, 0.1) is 5.70 Å². The van der Waals surface area contributed by atoms with Gasteiger partial charge >= 0.3 is 0 Å². The van der Waals surface area contributed by atoms with Crippen LogP contribution in [-0.2, 0) is 6.42 Å². The quantitative estimate of drug-likeness (QED) is 0.417. The molecular formula is C21H24Cl2N4S. The number of hydrogen-bond donors (Lipinski definition) is 1. The first-order chi connectivity index (χ1) is 13.5. The van der Waals surface area contributed by atoms with Gasteiger partial charge in [-0.3, -0.25) is 10.0 Å². The zero-order chi connectivity index (χ0) is 19.9. The first-order valence-electron chi connectivity index (χ1n) is 9.17. The maximum absolute atomic E-state index is 6.07. The first-order valence-corrected chi connectivity index (χ1v) is 10.8. The van der Waals surface area contributed by atoms with Crippen LogP contribution in [-0.4, -0.2) is 47.7 Å². The van der Waals surface area contributed by atoms with Gasteiger partial charge in [-0.2, -0.15) is 0 Å². The number of benzene rings is 2. The lowest BCUT2D eigenvalue weighted by Crippen LogP contribution is -2.48. The third-order valence-corrected chi connectivity index (χ3v) is 5.81. The summed E-state index contributed by atoms with van der Waals surface area (Å²) in [6, 6.07) is 15.6. The summed E-state index contributed by atoms with van der Waals surface area (Å²) in [6.07, 6.45) is 1.00. The van der Waals surface area contributed by atoms with E-state index in [0.29, 0.717) is 10.7 Å². The number of amidine groups is 1. The Morgan fingerprint density at radius 3 is 2.39 bits per heavy atom. The molecule has 0 spiro atoms. The lowest BCUT2D eigenvalue weighted by Gasteiger charge is -2.35. The van der Waals surface area contributed by atoms with Crippen LogP contribution < -0.4 is 5.14 Å². The Hall–Kier alpha value is -1.50. The highest BCUT2D eigenvalue weighted by atomic mass is 35.5. The minimum Gasteiger partial charge on any atom is -0.348 e. The lowest BCUT2D eigenvalue weighted by molar-refractivity contribution is 0.186. The summed E-state index contributed by atoms with van der Waals surface area (Å²) in [6.45, 7) is 8.85. The van der Waals surface area contributed by atoms with E-state index in [0.717, 1.165) is 54.9 Å². The maximum atomic E-state index is 6.07. The van der Waals surface area contributed by atoms with Crippen molar-refractivity contribution in [1.29, 1.82) is 0 Å². The van der Waals surface area contributed by atoms with Crippen molar-refractivity contribution in [3.63, 3.8) is 0 Å². The molecule has 1 saturated heterocycles. The minimum absolute atomic E-state index is 0.688. The standard InChI is InChI=1S/C21H24Cl2N4S/c1-16(18-5-7-19(22)8-6-18)25-21(28-24)27-13-11-26(12-14-27)10-9-17-3-2-4-20(23)15-17/h2-8,15H,1,9-14,24H2. The molecule has 4 nitrogen and oxygen atoms in total. The molecule has 0 bridgehead atoms. The highest BCUT2D eigenvalue weighted by molar-refractivity contribution is 8.11. The van der Waals surface area contributed by atoms with Crippen LogP contribution in [0.5, 0.6) is 0 Å². The molecule has 1 aliphatic rings. The predicted molar refractivity (Wildman–Crippen MR) is 123 cm³/mol. The predicted octanol–water partition coefficient (Wildman–Crippen LogP) is 4.79. The summed E-state index contributed by atoms with van der Waals surface area (Å²) >= 11 is 13.2. The summed E-state index contributed by atoms with van der Waals surface area (Å²) in [5.41, 5.74) is 2.90. The van der Waals surface area contributed by atoms with Gasteiger partial charge in [-0.1, -0.05) is 54.0 Å². The molecule has 2 aromatic rings. The SMILES string of the molecule is C=C(N=C(SN)N1CCN(CCc2cccc(Cl)c2)CC1)c1ccc(Cl)cc1. The second-order valence-electron chi connectivity index (χ2n) is 6.67. The second-order valence-corrected chi connectivity index (χ2v) is 8.15. The molecule has 7 heteroatoms. The van der Waals surface area contributed by atoms with Gasteiger partial charge in [0.2, 0.25) is 0 Å². The lowest BCUT2D eigenvalue weighted by atomic mass is 10.1. The fraction of sp³-hybridized carbons (Fsp3) is 0.286. The van der Waals surface area contributed by atoms with Crippen LogP contribution in [0.2, 0.25) is 10.0 Å². The van der Waals surface area contributed by atoms with Crippen LogP contribution in [0.25, 0.3) is 5.70 Å². The fourth-order valence-corrected chi connectivity index (χ4v) is 3.97. The molecule has 2 aromatic carbocycles. The molecule has 1 aliphatic heterocycles. The van der Waals surface area contributed by atoms with Gasteiger partial charge in [0.15, 0.2) is 5.17 Å². The van der Waals surface area contributed by atoms with Gasteiger partial charge in [-0.05, 0) is 53.8 Å². The van der Waals surface area contributed by atoms with Gasteiger partial charge < -0.3 is 4.90 Å². The van der Waals surface area contributed by atoms with Crippen LogP contribution in [0.3, 0.4) is 0 Å². The van der Waals surface area contributed by atoms with Crippen LogP contribution >= 0.6 is 35.1 Å². The molecule has 1 fully saturated rings. The van der Waals surface area contributed by atoms with Crippen LogP contribution in [0, 0.1) is 0 Å². The molecule has 148 valence electrons. The summed E-state index contributed by atoms with van der Waals surface area (Å²) in [7, 11) is 0. The van der Waals surface area contributed by atoms with Crippen molar-refractivity contribution < 1.29 is 0 Å². The molecule has 3 rings (SSSR count). The molecule has 0 aliphatic carbocycles. The largest absolute Gasteiger partial charge is 0.348 e. The van der Waals surface area contributed by atoms with E-state index in [-0.39, 0.29) is 0 Å². The first kappa shape index (κ1) is 21.2. The van der Waals surface area contributed by atoms with Crippen LogP contribution in [0.4, 0.5) is 0 Å². The molecule has 0 radical (unpaired) electrons. The van der Waals surface area contributed by atoms with Crippen molar-refractivity contribution in [1.82, 2.24) is 9.80 Å². The van der Waals surface area contributed by atoms with E-state index in [2.05, 4.69) is 27.4 Å². The molecule has 0 aromatic heterocycles. The highest BCUT2D eigenvalue weighted by Crippen LogP contribution is 2.20. The molecule has 0 unspecified atom stereocenters. The van der Waals surface area contributed by atoms with Crippen molar-refractivity contribution in [2.75, 3.05) is 32.7 Å². The molecule has 0 saturated carbocycles.